The average molecular weight is 555 g/mol. The monoisotopic (exact) mass is 554 g/mol. The molecule has 0 unspecified atom stereocenters. The molecule has 39 heavy (non-hydrogen) atoms. The molecule has 4 rings (SSSR count). The van der Waals surface area contributed by atoms with E-state index in [1.54, 1.807) is 27.2 Å². The maximum atomic E-state index is 13.8. The number of carbonyl (C=O) groups excluding carboxylic acids is 2. The molecule has 1 N–H and O–H groups in total. The van der Waals surface area contributed by atoms with E-state index < -0.39 is 16.8 Å². The van der Waals surface area contributed by atoms with Crippen molar-refractivity contribution < 1.29 is 28.7 Å². The second kappa shape index (κ2) is 11.9. The van der Waals surface area contributed by atoms with Gasteiger partial charge in [-0.25, -0.2) is 4.79 Å². The largest absolute Gasteiger partial charge is 0.493 e. The van der Waals surface area contributed by atoms with Gasteiger partial charge in [0.25, 0.3) is 5.69 Å². The van der Waals surface area contributed by atoms with Gasteiger partial charge in [-0.1, -0.05) is 37.1 Å². The fraction of sp³-hybridized carbons (Fsp3) is 0.379. The second-order valence-electron chi connectivity index (χ2n) is 9.59. The molecule has 0 spiro atoms. The van der Waals surface area contributed by atoms with Crippen LogP contribution in [0.5, 0.6) is 11.5 Å². The van der Waals surface area contributed by atoms with Gasteiger partial charge in [0, 0.05) is 35.4 Å². The molecule has 0 saturated heterocycles. The number of nitrogens with one attached hydrogen (secondary N) is 1. The number of nitro groups is 1. The van der Waals surface area contributed by atoms with E-state index in [4.69, 9.17) is 25.8 Å². The molecule has 206 valence electrons. The van der Waals surface area contributed by atoms with Crippen LogP contribution in [-0.4, -0.2) is 37.5 Å². The summed E-state index contributed by atoms with van der Waals surface area (Å²) in [5, 5.41) is 14.9. The molecule has 0 aromatic heterocycles. The molecule has 2 aromatic rings. The van der Waals surface area contributed by atoms with E-state index in [9.17, 15) is 19.7 Å². The van der Waals surface area contributed by atoms with Crippen LogP contribution in [-0.2, 0) is 14.3 Å². The predicted octanol–water partition coefficient (Wildman–Crippen LogP) is 5.97. The van der Waals surface area contributed by atoms with Crippen LogP contribution in [0.2, 0.25) is 5.02 Å². The topological polar surface area (TPSA) is 117 Å². The first-order valence-corrected chi connectivity index (χ1v) is 13.1. The number of hydrogen-bond donors (Lipinski definition) is 1. The molecule has 2 aliphatic rings. The van der Waals surface area contributed by atoms with Crippen LogP contribution in [0, 0.1) is 10.1 Å². The molecule has 1 aliphatic carbocycles. The number of allylic oxidation sites excluding steroid dienone is 3. The maximum Gasteiger partial charge on any atom is 0.336 e. The number of rotatable bonds is 9. The van der Waals surface area contributed by atoms with Crippen molar-refractivity contribution in [3.05, 3.63) is 85.2 Å². The minimum atomic E-state index is -0.829. The number of dihydropyridines is 1. The summed E-state index contributed by atoms with van der Waals surface area (Å²) in [5.41, 5.74) is 2.95. The van der Waals surface area contributed by atoms with Gasteiger partial charge in [0.2, 0.25) is 0 Å². The number of unbranched alkanes of at least 4 members (excludes halogenated alkanes) is 1. The molecule has 2 aromatic carbocycles. The molecule has 0 saturated carbocycles. The number of hydrogen-bond acceptors (Lipinski definition) is 8. The zero-order chi connectivity index (χ0) is 28.3. The molecule has 0 fully saturated rings. The summed E-state index contributed by atoms with van der Waals surface area (Å²) in [6.45, 7) is 3.98. The van der Waals surface area contributed by atoms with Gasteiger partial charge in [-0.3, -0.25) is 14.9 Å². The lowest BCUT2D eigenvalue weighted by Gasteiger charge is -2.36. The number of halogens is 1. The van der Waals surface area contributed by atoms with Gasteiger partial charge in [0.05, 0.1) is 31.3 Å². The van der Waals surface area contributed by atoms with Crippen molar-refractivity contribution >= 4 is 29.0 Å². The second-order valence-corrected chi connectivity index (χ2v) is 10.00. The number of ketones is 1. The van der Waals surface area contributed by atoms with Gasteiger partial charge >= 0.3 is 5.97 Å². The van der Waals surface area contributed by atoms with E-state index in [-0.39, 0.29) is 41.0 Å². The average Bonchev–Trinajstić information content (AvgIpc) is 2.91. The summed E-state index contributed by atoms with van der Waals surface area (Å²) in [5.74, 6) is -0.526. The van der Waals surface area contributed by atoms with E-state index in [2.05, 4.69) is 5.32 Å². The van der Waals surface area contributed by atoms with Crippen molar-refractivity contribution in [1.29, 1.82) is 0 Å². The molecule has 1 heterocycles. The van der Waals surface area contributed by atoms with E-state index in [0.29, 0.717) is 46.9 Å². The number of methoxy groups -OCH3 is 2. The molecule has 10 heteroatoms. The highest BCUT2D eigenvalue weighted by Crippen LogP contribution is 2.47. The van der Waals surface area contributed by atoms with Crippen LogP contribution in [0.4, 0.5) is 5.69 Å². The van der Waals surface area contributed by atoms with Gasteiger partial charge in [-0.15, -0.1) is 0 Å². The number of benzene rings is 2. The quantitative estimate of drug-likeness (QED) is 0.174. The summed E-state index contributed by atoms with van der Waals surface area (Å²) >= 11 is 6.09. The Kier molecular flexibility index (Phi) is 8.60. The standard InChI is InChI=1S/C29H31ClN2O7/c1-5-6-11-39-29(34)26-16(2)31-21-12-19(17-8-10-24(37-3)25(15-17)38-4)14-23(33)28(21)27(26)18-7-9-20(30)22(13-18)32(35)36/h7-10,13,15,19,27,31H,5-6,11-12,14H2,1-4H3/t19-,27-/m0/s1. The lowest BCUT2D eigenvalue weighted by Crippen LogP contribution is -2.36. The Morgan fingerprint density at radius 2 is 1.82 bits per heavy atom. The summed E-state index contributed by atoms with van der Waals surface area (Å²) < 4.78 is 16.3. The predicted molar refractivity (Wildman–Crippen MR) is 146 cm³/mol. The minimum Gasteiger partial charge on any atom is -0.493 e. The first-order valence-electron chi connectivity index (χ1n) is 12.8. The first-order chi connectivity index (χ1) is 18.7. The summed E-state index contributed by atoms with van der Waals surface area (Å²) in [4.78, 5) is 38.2. The third-order valence-electron chi connectivity index (χ3n) is 7.16. The molecular weight excluding hydrogens is 524 g/mol. The first kappa shape index (κ1) is 28.2. The van der Waals surface area contributed by atoms with Crippen LogP contribution < -0.4 is 14.8 Å². The Bertz CT molecular complexity index is 1380. The van der Waals surface area contributed by atoms with E-state index in [0.717, 1.165) is 12.0 Å². The van der Waals surface area contributed by atoms with Crippen molar-refractivity contribution in [2.75, 3.05) is 20.8 Å². The van der Waals surface area contributed by atoms with Gasteiger partial charge < -0.3 is 19.5 Å². The maximum absolute atomic E-state index is 13.8. The van der Waals surface area contributed by atoms with Crippen LogP contribution in [0.25, 0.3) is 0 Å². The Morgan fingerprint density at radius 3 is 2.49 bits per heavy atom. The number of ether oxygens (including phenoxy) is 3. The zero-order valence-corrected chi connectivity index (χ0v) is 23.1. The molecule has 1 aliphatic heterocycles. The SMILES string of the molecule is CCCCOC(=O)C1=C(C)NC2=C(C(=O)C[C@@H](c3ccc(OC)c(OC)c3)C2)[C@H]1c1ccc(Cl)c([N+](=O)[O-])c1. The number of Topliss-reactive ketones (excluding diaryl/α,β-unsaturated/α-hetero) is 1. The van der Waals surface area contributed by atoms with Crippen LogP contribution in [0.15, 0.2) is 58.9 Å². The number of esters is 1. The van der Waals surface area contributed by atoms with Gasteiger partial charge in [-0.05, 0) is 55.0 Å². The Morgan fingerprint density at radius 1 is 1.10 bits per heavy atom. The zero-order valence-electron chi connectivity index (χ0n) is 22.3. The van der Waals surface area contributed by atoms with Crippen LogP contribution in [0.3, 0.4) is 0 Å². The highest BCUT2D eigenvalue weighted by molar-refractivity contribution is 6.32. The normalized spacial score (nSPS) is 18.8. The molecular formula is C29H31ClN2O7. The van der Waals surface area contributed by atoms with E-state index in [1.165, 1.54) is 12.1 Å². The third-order valence-corrected chi connectivity index (χ3v) is 7.48. The fourth-order valence-corrected chi connectivity index (χ4v) is 5.41. The van der Waals surface area contributed by atoms with Gasteiger partial charge in [-0.2, -0.15) is 0 Å². The Labute approximate surface area is 231 Å². The number of nitro benzene ring substituents is 1. The molecule has 0 amide bonds. The van der Waals surface area contributed by atoms with Gasteiger partial charge in [0.1, 0.15) is 5.02 Å². The summed E-state index contributed by atoms with van der Waals surface area (Å²) in [7, 11) is 3.12. The fourth-order valence-electron chi connectivity index (χ4n) is 5.22. The van der Waals surface area contributed by atoms with Crippen molar-refractivity contribution in [3.8, 4) is 11.5 Å². The van der Waals surface area contributed by atoms with Crippen LogP contribution >= 0.6 is 11.6 Å². The van der Waals surface area contributed by atoms with Gasteiger partial charge in [0.15, 0.2) is 17.3 Å². The smallest absolute Gasteiger partial charge is 0.336 e. The van der Waals surface area contributed by atoms with Crippen LogP contribution in [0.1, 0.15) is 62.5 Å². The summed E-state index contributed by atoms with van der Waals surface area (Å²) in [6.07, 6.45) is 2.24. The van der Waals surface area contributed by atoms with Crippen molar-refractivity contribution in [1.82, 2.24) is 5.32 Å². The molecule has 0 bridgehead atoms. The molecule has 2 atom stereocenters. The highest BCUT2D eigenvalue weighted by atomic mass is 35.5. The third kappa shape index (κ3) is 5.63. The summed E-state index contributed by atoms with van der Waals surface area (Å²) in [6, 6.07) is 9.96. The van der Waals surface area contributed by atoms with E-state index >= 15 is 0 Å². The van der Waals surface area contributed by atoms with Crippen molar-refractivity contribution in [3.63, 3.8) is 0 Å². The number of carbonyl (C=O) groups is 2. The van der Waals surface area contributed by atoms with Crippen molar-refractivity contribution in [2.24, 2.45) is 0 Å². The molecule has 0 radical (unpaired) electrons. The number of nitrogens with zero attached hydrogens (tertiary/aromatic N) is 1. The van der Waals surface area contributed by atoms with Crippen molar-refractivity contribution in [2.45, 2.75) is 51.4 Å². The highest BCUT2D eigenvalue weighted by Gasteiger charge is 2.42. The lowest BCUT2D eigenvalue weighted by atomic mass is 9.71. The van der Waals surface area contributed by atoms with E-state index in [1.807, 2.05) is 25.1 Å². The lowest BCUT2D eigenvalue weighted by molar-refractivity contribution is -0.384. The molecule has 9 nitrogen and oxygen atoms in total. The Hall–Kier alpha value is -3.85. The Balaban J connectivity index is 1.79. The minimum absolute atomic E-state index is 0.0249.